The summed E-state index contributed by atoms with van der Waals surface area (Å²) in [6, 6.07) is 6.64. The average molecular weight is 307 g/mol. The molecule has 1 aliphatic heterocycles. The molecule has 21 heavy (non-hydrogen) atoms. The molecular weight excluding hydrogens is 286 g/mol. The fraction of sp³-hybridized carbons (Fsp3) is 0.500. The molecule has 1 saturated heterocycles. The monoisotopic (exact) mass is 307 g/mol. The van der Waals surface area contributed by atoms with Gasteiger partial charge in [0, 0.05) is 18.3 Å². The topological polar surface area (TPSA) is 57.6 Å². The summed E-state index contributed by atoms with van der Waals surface area (Å²) in [5, 5.41) is 9.51. The van der Waals surface area contributed by atoms with Crippen molar-refractivity contribution in [3.05, 3.63) is 35.4 Å². The lowest BCUT2D eigenvalue weighted by Crippen LogP contribution is -2.36. The highest BCUT2D eigenvalue weighted by atomic mass is 32.2. The molecule has 4 nitrogen and oxygen atoms in total. The molecule has 1 unspecified atom stereocenters. The number of hydrogen-bond donors (Lipinski definition) is 1. The molecule has 1 aromatic carbocycles. The maximum Gasteiger partial charge on any atom is 0.335 e. The van der Waals surface area contributed by atoms with Crippen LogP contribution >= 0.6 is 11.8 Å². The molecule has 2 rings (SSSR count). The normalized spacial score (nSPS) is 19.1. The van der Waals surface area contributed by atoms with Crippen LogP contribution in [-0.2, 0) is 11.2 Å². The van der Waals surface area contributed by atoms with E-state index in [0.29, 0.717) is 5.25 Å². The standard InChI is InChI=1S/C16H21NO3S/c1-21-14-7-2-3-8-17(11-14)15(18)10-12-5-4-6-13(9-12)16(19)20/h4-6,9,14H,2-3,7-8,10-11H2,1H3,(H,19,20). The maximum atomic E-state index is 12.4. The smallest absolute Gasteiger partial charge is 0.335 e. The Bertz CT molecular complexity index is 518. The number of nitrogens with zero attached hydrogens (tertiary/aromatic N) is 1. The van der Waals surface area contributed by atoms with Gasteiger partial charge in [-0.2, -0.15) is 11.8 Å². The van der Waals surface area contributed by atoms with Crippen LogP contribution in [0.5, 0.6) is 0 Å². The molecule has 0 saturated carbocycles. The van der Waals surface area contributed by atoms with Crippen molar-refractivity contribution in [1.29, 1.82) is 0 Å². The number of carboxylic acids is 1. The van der Waals surface area contributed by atoms with E-state index < -0.39 is 5.97 Å². The van der Waals surface area contributed by atoms with E-state index in [9.17, 15) is 9.59 Å². The minimum Gasteiger partial charge on any atom is -0.478 e. The summed E-state index contributed by atoms with van der Waals surface area (Å²) in [7, 11) is 0. The number of rotatable bonds is 4. The summed E-state index contributed by atoms with van der Waals surface area (Å²) < 4.78 is 0. The van der Waals surface area contributed by atoms with Crippen molar-refractivity contribution >= 4 is 23.6 Å². The zero-order valence-corrected chi connectivity index (χ0v) is 13.1. The van der Waals surface area contributed by atoms with Gasteiger partial charge in [-0.05, 0) is 36.8 Å². The molecule has 1 aromatic rings. The Balaban J connectivity index is 2.03. The lowest BCUT2D eigenvalue weighted by atomic mass is 10.1. The molecule has 1 aliphatic rings. The number of thioether (sulfide) groups is 1. The van der Waals surface area contributed by atoms with Crippen molar-refractivity contribution in [2.24, 2.45) is 0 Å². The second kappa shape index (κ2) is 7.50. The van der Waals surface area contributed by atoms with Crippen LogP contribution in [0.25, 0.3) is 0 Å². The van der Waals surface area contributed by atoms with E-state index in [1.54, 1.807) is 18.2 Å². The Hall–Kier alpha value is -1.49. The van der Waals surface area contributed by atoms with Gasteiger partial charge in [0.2, 0.25) is 5.91 Å². The number of carbonyl (C=O) groups is 2. The highest BCUT2D eigenvalue weighted by Crippen LogP contribution is 2.20. The van der Waals surface area contributed by atoms with Gasteiger partial charge in [0.05, 0.1) is 12.0 Å². The van der Waals surface area contributed by atoms with Crippen molar-refractivity contribution in [1.82, 2.24) is 4.90 Å². The summed E-state index contributed by atoms with van der Waals surface area (Å²) in [4.78, 5) is 25.3. The van der Waals surface area contributed by atoms with Crippen molar-refractivity contribution in [3.63, 3.8) is 0 Å². The third-order valence-corrected chi connectivity index (χ3v) is 4.89. The Morgan fingerprint density at radius 3 is 2.90 bits per heavy atom. The Morgan fingerprint density at radius 1 is 1.38 bits per heavy atom. The number of hydrogen-bond acceptors (Lipinski definition) is 3. The molecule has 0 aromatic heterocycles. The third kappa shape index (κ3) is 4.49. The molecule has 0 radical (unpaired) electrons. The SMILES string of the molecule is CSC1CCCCN(C(=O)Cc2cccc(C(=O)O)c2)C1. The summed E-state index contributed by atoms with van der Waals surface area (Å²) in [5.41, 5.74) is 1.00. The predicted octanol–water partition coefficient (Wildman–Crippen LogP) is 2.67. The second-order valence-corrected chi connectivity index (χ2v) is 6.51. The molecule has 1 heterocycles. The van der Waals surface area contributed by atoms with Crippen molar-refractivity contribution in [2.75, 3.05) is 19.3 Å². The lowest BCUT2D eigenvalue weighted by molar-refractivity contribution is -0.130. The molecule has 0 aliphatic carbocycles. The first kappa shape index (κ1) is 15.9. The fourth-order valence-corrected chi connectivity index (χ4v) is 3.35. The van der Waals surface area contributed by atoms with E-state index in [-0.39, 0.29) is 17.9 Å². The average Bonchev–Trinajstić information content (AvgIpc) is 2.73. The van der Waals surface area contributed by atoms with E-state index in [2.05, 4.69) is 6.26 Å². The van der Waals surface area contributed by atoms with Crippen molar-refractivity contribution < 1.29 is 14.7 Å². The summed E-state index contributed by atoms with van der Waals surface area (Å²) in [6.45, 7) is 1.62. The van der Waals surface area contributed by atoms with Gasteiger partial charge in [0.25, 0.3) is 0 Å². The molecule has 1 amide bonds. The van der Waals surface area contributed by atoms with Gasteiger partial charge in [0.1, 0.15) is 0 Å². The first-order valence-corrected chi connectivity index (χ1v) is 8.51. The van der Waals surface area contributed by atoms with Gasteiger partial charge in [-0.3, -0.25) is 4.79 Å². The number of likely N-dealkylation sites (tertiary alicyclic amines) is 1. The summed E-state index contributed by atoms with van der Waals surface area (Å²) in [5.74, 6) is -0.861. The van der Waals surface area contributed by atoms with Gasteiger partial charge in [-0.1, -0.05) is 18.6 Å². The summed E-state index contributed by atoms with van der Waals surface area (Å²) in [6.07, 6.45) is 5.76. The largest absolute Gasteiger partial charge is 0.478 e. The second-order valence-electron chi connectivity index (χ2n) is 5.38. The third-order valence-electron chi connectivity index (χ3n) is 3.84. The van der Waals surface area contributed by atoms with Gasteiger partial charge >= 0.3 is 5.97 Å². The van der Waals surface area contributed by atoms with Crippen LogP contribution in [-0.4, -0.2) is 46.5 Å². The van der Waals surface area contributed by atoms with E-state index in [1.165, 1.54) is 12.8 Å². The zero-order valence-electron chi connectivity index (χ0n) is 12.2. The molecule has 114 valence electrons. The molecule has 0 bridgehead atoms. The van der Waals surface area contributed by atoms with Gasteiger partial charge in [0.15, 0.2) is 0 Å². The van der Waals surface area contributed by atoms with E-state index in [1.807, 2.05) is 22.7 Å². The van der Waals surface area contributed by atoms with Crippen LogP contribution in [0.1, 0.15) is 35.2 Å². The van der Waals surface area contributed by atoms with Gasteiger partial charge < -0.3 is 10.0 Å². The molecule has 1 N–H and O–H groups in total. The van der Waals surface area contributed by atoms with Crippen LogP contribution in [0.2, 0.25) is 0 Å². The Kier molecular flexibility index (Phi) is 5.67. The molecule has 0 spiro atoms. The van der Waals surface area contributed by atoms with Crippen molar-refractivity contribution in [3.8, 4) is 0 Å². The minimum atomic E-state index is -0.957. The Labute approximate surface area is 129 Å². The number of aromatic carboxylic acids is 1. The first-order valence-electron chi connectivity index (χ1n) is 7.23. The first-order chi connectivity index (χ1) is 10.1. The van der Waals surface area contributed by atoms with E-state index in [4.69, 9.17) is 5.11 Å². The van der Waals surface area contributed by atoms with Crippen LogP contribution in [0.4, 0.5) is 0 Å². The molecule has 5 heteroatoms. The summed E-state index contributed by atoms with van der Waals surface area (Å²) >= 11 is 1.82. The van der Waals surface area contributed by atoms with Gasteiger partial charge in [-0.25, -0.2) is 4.79 Å². The highest BCUT2D eigenvalue weighted by molar-refractivity contribution is 7.99. The lowest BCUT2D eigenvalue weighted by Gasteiger charge is -2.23. The van der Waals surface area contributed by atoms with Crippen LogP contribution in [0, 0.1) is 0 Å². The van der Waals surface area contributed by atoms with Crippen LogP contribution in [0.3, 0.4) is 0 Å². The number of amides is 1. The van der Waals surface area contributed by atoms with Crippen LogP contribution < -0.4 is 0 Å². The van der Waals surface area contributed by atoms with E-state index >= 15 is 0 Å². The Morgan fingerprint density at radius 2 is 2.19 bits per heavy atom. The van der Waals surface area contributed by atoms with Gasteiger partial charge in [-0.15, -0.1) is 0 Å². The highest BCUT2D eigenvalue weighted by Gasteiger charge is 2.21. The molecule has 1 fully saturated rings. The predicted molar refractivity (Wildman–Crippen MR) is 84.8 cm³/mol. The minimum absolute atomic E-state index is 0.0958. The molecule has 1 atom stereocenters. The van der Waals surface area contributed by atoms with Crippen LogP contribution in [0.15, 0.2) is 24.3 Å². The fourth-order valence-electron chi connectivity index (χ4n) is 2.62. The van der Waals surface area contributed by atoms with Crippen molar-refractivity contribution in [2.45, 2.75) is 30.9 Å². The maximum absolute atomic E-state index is 12.4. The zero-order chi connectivity index (χ0) is 15.2. The molecular formula is C16H21NO3S. The number of carbonyl (C=O) groups excluding carboxylic acids is 1. The quantitative estimate of drug-likeness (QED) is 0.929. The van der Waals surface area contributed by atoms with E-state index in [0.717, 1.165) is 25.1 Å². The number of carboxylic acid groups (broad SMARTS) is 1. The number of benzene rings is 1.